The molecule has 2 rings (SSSR count). The van der Waals surface area contributed by atoms with E-state index in [1.807, 2.05) is 18.2 Å². The van der Waals surface area contributed by atoms with Gasteiger partial charge in [-0.05, 0) is 13.0 Å². The first kappa shape index (κ1) is 18.3. The Morgan fingerprint density at radius 3 is 2.79 bits per heavy atom. The summed E-state index contributed by atoms with van der Waals surface area (Å²) in [6.45, 7) is 2.46. The second-order valence-corrected chi connectivity index (χ2v) is 6.15. The third-order valence-electron chi connectivity index (χ3n) is 3.54. The number of hydrogen-bond donors (Lipinski definition) is 1. The summed E-state index contributed by atoms with van der Waals surface area (Å²) in [5, 5.41) is 2.41. The van der Waals surface area contributed by atoms with Crippen molar-refractivity contribution in [3.8, 4) is 11.5 Å². The number of urea groups is 1. The summed E-state index contributed by atoms with van der Waals surface area (Å²) >= 11 is 1.64. The van der Waals surface area contributed by atoms with Gasteiger partial charge < -0.3 is 24.4 Å². The Hall–Kier alpha value is -2.09. The zero-order chi connectivity index (χ0) is 17.5. The summed E-state index contributed by atoms with van der Waals surface area (Å²) in [7, 11) is 3.15. The van der Waals surface area contributed by atoms with Gasteiger partial charge in [-0.3, -0.25) is 4.79 Å². The fraction of sp³-hybridized carbons (Fsp3) is 0.500. The van der Waals surface area contributed by atoms with E-state index in [1.165, 1.54) is 0 Å². The number of ether oxygens (including phenoxy) is 3. The van der Waals surface area contributed by atoms with Gasteiger partial charge in [-0.15, -0.1) is 11.8 Å². The van der Waals surface area contributed by atoms with E-state index >= 15 is 0 Å². The fourth-order valence-corrected chi connectivity index (χ4v) is 3.78. The summed E-state index contributed by atoms with van der Waals surface area (Å²) in [4.78, 5) is 25.5. The average Bonchev–Trinajstić information content (AvgIpc) is 3.08. The van der Waals surface area contributed by atoms with E-state index in [0.717, 1.165) is 11.3 Å². The highest BCUT2D eigenvalue weighted by atomic mass is 32.2. The summed E-state index contributed by atoms with van der Waals surface area (Å²) in [6, 6.07) is 5.29. The Kier molecular flexibility index (Phi) is 6.60. The molecule has 1 saturated heterocycles. The van der Waals surface area contributed by atoms with E-state index < -0.39 is 5.97 Å². The van der Waals surface area contributed by atoms with Crippen LogP contribution < -0.4 is 14.8 Å². The van der Waals surface area contributed by atoms with Crippen molar-refractivity contribution < 1.29 is 23.8 Å². The maximum atomic E-state index is 12.4. The van der Waals surface area contributed by atoms with Crippen LogP contribution in [0.4, 0.5) is 4.79 Å². The maximum Gasteiger partial charge on any atom is 0.325 e. The molecule has 1 aromatic rings. The number of para-hydroxylation sites is 1. The van der Waals surface area contributed by atoms with Gasteiger partial charge in [-0.2, -0.15) is 0 Å². The van der Waals surface area contributed by atoms with Crippen molar-refractivity contribution in [3.05, 3.63) is 23.8 Å². The van der Waals surface area contributed by atoms with Crippen LogP contribution in [0, 0.1) is 0 Å². The van der Waals surface area contributed by atoms with Gasteiger partial charge in [0.1, 0.15) is 11.9 Å². The molecule has 1 N–H and O–H groups in total. The number of nitrogens with zero attached hydrogens (tertiary/aromatic N) is 1. The summed E-state index contributed by atoms with van der Waals surface area (Å²) in [6.07, 6.45) is 0. The van der Waals surface area contributed by atoms with Crippen LogP contribution >= 0.6 is 11.8 Å². The van der Waals surface area contributed by atoms with Crippen LogP contribution in [0.2, 0.25) is 0 Å². The van der Waals surface area contributed by atoms with E-state index in [9.17, 15) is 9.59 Å². The van der Waals surface area contributed by atoms with Gasteiger partial charge in [0.15, 0.2) is 11.5 Å². The standard InChI is InChI=1S/C16H22N2O5S/c1-4-23-13(19)10-17-16(20)18-8-9-24-15(18)11-6-5-7-12(21-2)14(11)22-3/h5-7,15H,4,8-10H2,1-3H3,(H,17,20). The van der Waals surface area contributed by atoms with Crippen LogP contribution in [-0.4, -0.2) is 56.6 Å². The third-order valence-corrected chi connectivity index (χ3v) is 4.78. The summed E-state index contributed by atoms with van der Waals surface area (Å²) in [5.41, 5.74) is 0.866. The van der Waals surface area contributed by atoms with Gasteiger partial charge in [-0.25, -0.2) is 4.79 Å². The quantitative estimate of drug-likeness (QED) is 0.788. The van der Waals surface area contributed by atoms with Crippen molar-refractivity contribution in [2.45, 2.75) is 12.3 Å². The number of carbonyl (C=O) groups excluding carboxylic acids is 2. The van der Waals surface area contributed by atoms with Crippen LogP contribution in [0.25, 0.3) is 0 Å². The SMILES string of the molecule is CCOC(=O)CNC(=O)N1CCSC1c1cccc(OC)c1OC. The number of nitrogens with one attached hydrogen (secondary N) is 1. The monoisotopic (exact) mass is 354 g/mol. The van der Waals surface area contributed by atoms with Gasteiger partial charge in [-0.1, -0.05) is 12.1 Å². The molecule has 2 amide bonds. The predicted octanol–water partition coefficient (Wildman–Crippen LogP) is 2.02. The minimum Gasteiger partial charge on any atom is -0.493 e. The molecule has 0 aliphatic carbocycles. The first-order chi connectivity index (χ1) is 11.6. The minimum atomic E-state index is -0.451. The predicted molar refractivity (Wildman–Crippen MR) is 91.5 cm³/mol. The van der Waals surface area contributed by atoms with E-state index in [1.54, 1.807) is 37.8 Å². The molecular formula is C16H22N2O5S. The van der Waals surface area contributed by atoms with E-state index in [-0.39, 0.29) is 24.6 Å². The van der Waals surface area contributed by atoms with Crippen LogP contribution in [-0.2, 0) is 9.53 Å². The molecule has 0 saturated carbocycles. The Morgan fingerprint density at radius 2 is 2.12 bits per heavy atom. The molecule has 1 aliphatic rings. The fourth-order valence-electron chi connectivity index (χ4n) is 2.50. The van der Waals surface area contributed by atoms with Gasteiger partial charge in [0.05, 0.1) is 20.8 Å². The molecule has 1 unspecified atom stereocenters. The first-order valence-corrected chi connectivity index (χ1v) is 8.69. The number of rotatable bonds is 6. The zero-order valence-electron chi connectivity index (χ0n) is 14.0. The number of thioether (sulfide) groups is 1. The Bertz CT molecular complexity index is 596. The molecule has 1 heterocycles. The average molecular weight is 354 g/mol. The highest BCUT2D eigenvalue weighted by Gasteiger charge is 2.33. The molecule has 0 radical (unpaired) electrons. The number of benzene rings is 1. The van der Waals surface area contributed by atoms with Crippen molar-refractivity contribution in [3.63, 3.8) is 0 Å². The molecule has 1 fully saturated rings. The normalized spacial score (nSPS) is 16.6. The number of methoxy groups -OCH3 is 2. The van der Waals surface area contributed by atoms with Crippen molar-refractivity contribution in [1.29, 1.82) is 0 Å². The minimum absolute atomic E-state index is 0.143. The van der Waals surface area contributed by atoms with Crippen molar-refractivity contribution in [2.75, 3.05) is 39.7 Å². The Labute approximate surface area is 145 Å². The molecule has 0 aromatic heterocycles. The van der Waals surface area contributed by atoms with Crippen molar-refractivity contribution >= 4 is 23.8 Å². The highest BCUT2D eigenvalue weighted by Crippen LogP contribution is 2.44. The van der Waals surface area contributed by atoms with Crippen molar-refractivity contribution in [1.82, 2.24) is 10.2 Å². The Morgan fingerprint density at radius 1 is 1.33 bits per heavy atom. The largest absolute Gasteiger partial charge is 0.493 e. The van der Waals surface area contributed by atoms with Gasteiger partial charge in [0.25, 0.3) is 0 Å². The van der Waals surface area contributed by atoms with Crippen LogP contribution in [0.5, 0.6) is 11.5 Å². The number of esters is 1. The second-order valence-electron chi connectivity index (χ2n) is 4.96. The van der Waals surface area contributed by atoms with E-state index in [0.29, 0.717) is 18.0 Å². The molecular weight excluding hydrogens is 332 g/mol. The third kappa shape index (κ3) is 4.05. The number of carbonyl (C=O) groups is 2. The molecule has 1 aromatic carbocycles. The van der Waals surface area contributed by atoms with Crippen LogP contribution in [0.3, 0.4) is 0 Å². The summed E-state index contributed by atoms with van der Waals surface area (Å²) in [5.74, 6) is 1.59. The lowest BCUT2D eigenvalue weighted by Crippen LogP contribution is -2.42. The summed E-state index contributed by atoms with van der Waals surface area (Å²) < 4.78 is 15.6. The lowest BCUT2D eigenvalue weighted by molar-refractivity contribution is -0.141. The van der Waals surface area contributed by atoms with E-state index in [4.69, 9.17) is 14.2 Å². The van der Waals surface area contributed by atoms with Crippen molar-refractivity contribution in [2.24, 2.45) is 0 Å². The van der Waals surface area contributed by atoms with Gasteiger partial charge in [0, 0.05) is 17.9 Å². The maximum absolute atomic E-state index is 12.4. The van der Waals surface area contributed by atoms with E-state index in [2.05, 4.69) is 5.32 Å². The number of hydrogen-bond acceptors (Lipinski definition) is 6. The molecule has 1 atom stereocenters. The number of amides is 2. The smallest absolute Gasteiger partial charge is 0.325 e. The molecule has 0 bridgehead atoms. The van der Waals surface area contributed by atoms with Crippen LogP contribution in [0.1, 0.15) is 17.9 Å². The van der Waals surface area contributed by atoms with Crippen LogP contribution in [0.15, 0.2) is 18.2 Å². The molecule has 24 heavy (non-hydrogen) atoms. The molecule has 0 spiro atoms. The lowest BCUT2D eigenvalue weighted by atomic mass is 10.1. The molecule has 1 aliphatic heterocycles. The first-order valence-electron chi connectivity index (χ1n) is 7.65. The zero-order valence-corrected chi connectivity index (χ0v) is 14.9. The lowest BCUT2D eigenvalue weighted by Gasteiger charge is -2.26. The molecule has 7 nitrogen and oxygen atoms in total. The molecule has 8 heteroatoms. The molecule has 132 valence electrons. The topological polar surface area (TPSA) is 77.1 Å². The highest BCUT2D eigenvalue weighted by molar-refractivity contribution is 7.99. The Balaban J connectivity index is 2.13. The second kappa shape index (κ2) is 8.68. The van der Waals surface area contributed by atoms with Gasteiger partial charge >= 0.3 is 12.0 Å². The van der Waals surface area contributed by atoms with Gasteiger partial charge in [0.2, 0.25) is 0 Å².